The maximum atomic E-state index is 12.3. The molecule has 0 spiro atoms. The zero-order chi connectivity index (χ0) is 15.6. The molecule has 1 saturated heterocycles. The molecule has 1 fully saturated rings. The second-order valence-corrected chi connectivity index (χ2v) is 5.18. The fourth-order valence-corrected chi connectivity index (χ4v) is 2.28. The predicted octanol–water partition coefficient (Wildman–Crippen LogP) is 1.64. The molecule has 5 nitrogen and oxygen atoms in total. The number of rotatable bonds is 2. The summed E-state index contributed by atoms with van der Waals surface area (Å²) in [5.41, 5.74) is 5.74. The molecular formula is C12H14ClF3N4O. The summed E-state index contributed by atoms with van der Waals surface area (Å²) in [4.78, 5) is 18.8. The van der Waals surface area contributed by atoms with Crippen LogP contribution in [0, 0.1) is 0 Å². The minimum Gasteiger partial charge on any atom is -0.382 e. The van der Waals surface area contributed by atoms with Crippen LogP contribution in [0.1, 0.15) is 10.4 Å². The van der Waals surface area contributed by atoms with Crippen molar-refractivity contribution in [3.05, 3.63) is 22.8 Å². The van der Waals surface area contributed by atoms with E-state index in [2.05, 4.69) is 4.98 Å². The van der Waals surface area contributed by atoms with Crippen molar-refractivity contribution in [2.75, 3.05) is 38.5 Å². The number of pyridine rings is 1. The average Bonchev–Trinajstić information content (AvgIpc) is 2.40. The summed E-state index contributed by atoms with van der Waals surface area (Å²) < 4.78 is 36.9. The quantitative estimate of drug-likeness (QED) is 0.899. The van der Waals surface area contributed by atoms with Gasteiger partial charge >= 0.3 is 6.18 Å². The van der Waals surface area contributed by atoms with E-state index >= 15 is 0 Å². The van der Waals surface area contributed by atoms with Gasteiger partial charge < -0.3 is 10.6 Å². The van der Waals surface area contributed by atoms with E-state index in [-0.39, 0.29) is 48.5 Å². The Morgan fingerprint density at radius 1 is 1.33 bits per heavy atom. The fourth-order valence-electron chi connectivity index (χ4n) is 2.11. The number of anilines is 1. The number of halogens is 4. The lowest BCUT2D eigenvalue weighted by Gasteiger charge is -2.35. The highest BCUT2D eigenvalue weighted by Crippen LogP contribution is 2.20. The van der Waals surface area contributed by atoms with Crippen LogP contribution in [0.5, 0.6) is 0 Å². The van der Waals surface area contributed by atoms with Gasteiger partial charge in [-0.25, -0.2) is 4.98 Å². The Labute approximate surface area is 124 Å². The van der Waals surface area contributed by atoms with Gasteiger partial charge in [-0.05, 0) is 6.07 Å². The molecule has 1 amide bonds. The lowest BCUT2D eigenvalue weighted by atomic mass is 10.2. The highest BCUT2D eigenvalue weighted by Gasteiger charge is 2.33. The van der Waals surface area contributed by atoms with Crippen LogP contribution >= 0.6 is 11.6 Å². The molecule has 1 aromatic heterocycles. The smallest absolute Gasteiger partial charge is 0.382 e. The summed E-state index contributed by atoms with van der Waals surface area (Å²) >= 11 is 5.80. The minimum atomic E-state index is -4.22. The van der Waals surface area contributed by atoms with E-state index < -0.39 is 12.7 Å². The molecule has 2 rings (SSSR count). The van der Waals surface area contributed by atoms with Gasteiger partial charge in [0, 0.05) is 32.4 Å². The molecule has 0 unspecified atom stereocenters. The Morgan fingerprint density at radius 3 is 2.48 bits per heavy atom. The molecule has 0 aromatic carbocycles. The summed E-state index contributed by atoms with van der Waals surface area (Å²) in [6, 6.07) is 1.41. The van der Waals surface area contributed by atoms with E-state index in [4.69, 9.17) is 17.3 Å². The van der Waals surface area contributed by atoms with Crippen LogP contribution in [-0.2, 0) is 0 Å². The molecule has 116 valence electrons. The molecule has 0 atom stereocenters. The van der Waals surface area contributed by atoms with Gasteiger partial charge in [0.05, 0.1) is 17.1 Å². The number of alkyl halides is 3. The van der Waals surface area contributed by atoms with Crippen LogP contribution in [-0.4, -0.2) is 59.6 Å². The van der Waals surface area contributed by atoms with Crippen molar-refractivity contribution in [3.8, 4) is 0 Å². The molecule has 1 aliphatic heterocycles. The van der Waals surface area contributed by atoms with Crippen molar-refractivity contribution in [2.24, 2.45) is 0 Å². The Bertz CT molecular complexity index is 530. The molecule has 1 aromatic rings. The monoisotopic (exact) mass is 322 g/mol. The Hall–Kier alpha value is -1.54. The van der Waals surface area contributed by atoms with E-state index in [1.54, 1.807) is 0 Å². The number of carbonyl (C=O) groups is 1. The fraction of sp³-hybridized carbons (Fsp3) is 0.500. The number of carbonyl (C=O) groups excluding carboxylic acids is 1. The first-order valence-corrected chi connectivity index (χ1v) is 6.63. The summed E-state index contributed by atoms with van der Waals surface area (Å²) in [5, 5.41) is 0.177. The SMILES string of the molecule is Nc1ncc(C(=O)N2CCN(CC(F)(F)F)CC2)cc1Cl. The maximum Gasteiger partial charge on any atom is 0.401 e. The Kier molecular flexibility index (Phi) is 4.58. The molecule has 1 aliphatic rings. The molecule has 0 radical (unpaired) electrons. The van der Waals surface area contributed by atoms with Crippen LogP contribution in [0.2, 0.25) is 5.02 Å². The van der Waals surface area contributed by atoms with Gasteiger partial charge in [-0.3, -0.25) is 9.69 Å². The van der Waals surface area contributed by atoms with Crippen molar-refractivity contribution in [2.45, 2.75) is 6.18 Å². The second kappa shape index (κ2) is 6.07. The van der Waals surface area contributed by atoms with Crippen molar-refractivity contribution in [1.29, 1.82) is 0 Å². The zero-order valence-corrected chi connectivity index (χ0v) is 11.8. The molecule has 2 N–H and O–H groups in total. The number of amides is 1. The molecule has 0 saturated carbocycles. The first kappa shape index (κ1) is 15.8. The number of hydrogen-bond acceptors (Lipinski definition) is 4. The van der Waals surface area contributed by atoms with Crippen LogP contribution in [0.25, 0.3) is 0 Å². The van der Waals surface area contributed by atoms with Crippen LogP contribution in [0.15, 0.2) is 12.3 Å². The largest absolute Gasteiger partial charge is 0.401 e. The molecule has 9 heteroatoms. The normalized spacial score (nSPS) is 17.0. The molecule has 21 heavy (non-hydrogen) atoms. The lowest BCUT2D eigenvalue weighted by Crippen LogP contribution is -2.50. The van der Waals surface area contributed by atoms with Crippen LogP contribution in [0.4, 0.5) is 19.0 Å². The van der Waals surface area contributed by atoms with Crippen molar-refractivity contribution in [1.82, 2.24) is 14.8 Å². The Morgan fingerprint density at radius 2 is 1.95 bits per heavy atom. The minimum absolute atomic E-state index is 0.128. The number of piperazine rings is 1. The summed E-state index contributed by atoms with van der Waals surface area (Å²) in [7, 11) is 0. The van der Waals surface area contributed by atoms with Crippen molar-refractivity contribution < 1.29 is 18.0 Å². The third kappa shape index (κ3) is 4.21. The molecule has 2 heterocycles. The number of nitrogens with zero attached hydrogens (tertiary/aromatic N) is 3. The summed E-state index contributed by atoms with van der Waals surface area (Å²) in [6.45, 7) is -0.124. The average molecular weight is 323 g/mol. The number of nitrogens with two attached hydrogens (primary N) is 1. The van der Waals surface area contributed by atoms with Crippen LogP contribution < -0.4 is 5.73 Å². The van der Waals surface area contributed by atoms with E-state index in [0.717, 1.165) is 0 Å². The van der Waals surface area contributed by atoms with Gasteiger partial charge in [0.1, 0.15) is 5.82 Å². The molecule has 0 aliphatic carbocycles. The van der Waals surface area contributed by atoms with Gasteiger partial charge in [-0.15, -0.1) is 0 Å². The van der Waals surface area contributed by atoms with Crippen LogP contribution in [0.3, 0.4) is 0 Å². The first-order chi connectivity index (χ1) is 9.76. The second-order valence-electron chi connectivity index (χ2n) is 4.77. The maximum absolute atomic E-state index is 12.3. The first-order valence-electron chi connectivity index (χ1n) is 6.25. The van der Waals surface area contributed by atoms with Gasteiger partial charge in [-0.1, -0.05) is 11.6 Å². The zero-order valence-electron chi connectivity index (χ0n) is 11.0. The number of aromatic nitrogens is 1. The van der Waals surface area contributed by atoms with Gasteiger partial charge in [-0.2, -0.15) is 13.2 Å². The third-order valence-corrected chi connectivity index (χ3v) is 3.48. The van der Waals surface area contributed by atoms with Gasteiger partial charge in [0.15, 0.2) is 0 Å². The highest BCUT2D eigenvalue weighted by atomic mass is 35.5. The summed E-state index contributed by atoms with van der Waals surface area (Å²) in [6.07, 6.45) is -2.91. The van der Waals surface area contributed by atoms with E-state index in [1.165, 1.54) is 22.1 Å². The van der Waals surface area contributed by atoms with Gasteiger partial charge in [0.25, 0.3) is 5.91 Å². The number of hydrogen-bond donors (Lipinski definition) is 1. The summed E-state index contributed by atoms with van der Waals surface area (Å²) in [5.74, 6) is -0.181. The predicted molar refractivity (Wildman–Crippen MR) is 72.1 cm³/mol. The topological polar surface area (TPSA) is 62.5 Å². The Balaban J connectivity index is 1.95. The van der Waals surface area contributed by atoms with E-state index in [9.17, 15) is 18.0 Å². The highest BCUT2D eigenvalue weighted by molar-refractivity contribution is 6.33. The number of nitrogen functional groups attached to an aromatic ring is 1. The van der Waals surface area contributed by atoms with E-state index in [1.807, 2.05) is 0 Å². The standard InChI is InChI=1S/C12H14ClF3N4O/c13-9-5-8(6-18-10(9)17)11(21)20-3-1-19(2-4-20)7-12(14,15)16/h5-6H,1-4,7H2,(H2,17,18). The lowest BCUT2D eigenvalue weighted by molar-refractivity contribution is -0.148. The third-order valence-electron chi connectivity index (χ3n) is 3.18. The van der Waals surface area contributed by atoms with Crippen molar-refractivity contribution >= 4 is 23.3 Å². The van der Waals surface area contributed by atoms with Gasteiger partial charge in [0.2, 0.25) is 0 Å². The molecular weight excluding hydrogens is 309 g/mol. The van der Waals surface area contributed by atoms with E-state index in [0.29, 0.717) is 0 Å². The molecule has 0 bridgehead atoms. The van der Waals surface area contributed by atoms with Crippen molar-refractivity contribution in [3.63, 3.8) is 0 Å².